The zero-order chi connectivity index (χ0) is 13.9. The van der Waals surface area contributed by atoms with Crippen LogP contribution in [0.1, 0.15) is 39.2 Å². The van der Waals surface area contributed by atoms with Crippen molar-refractivity contribution in [1.29, 1.82) is 0 Å². The predicted octanol–water partition coefficient (Wildman–Crippen LogP) is 2.65. The number of benzene rings is 1. The van der Waals surface area contributed by atoms with Crippen LogP contribution in [-0.4, -0.2) is 24.7 Å². The summed E-state index contributed by atoms with van der Waals surface area (Å²) in [5, 5.41) is 3.34. The molecule has 0 spiro atoms. The van der Waals surface area contributed by atoms with E-state index in [0.717, 1.165) is 24.9 Å². The van der Waals surface area contributed by atoms with Gasteiger partial charge in [0.05, 0.1) is 5.41 Å². The molecule has 0 saturated carbocycles. The molecule has 104 valence electrons. The number of rotatable bonds is 5. The minimum Gasteiger partial charge on any atom is -0.460 e. The summed E-state index contributed by atoms with van der Waals surface area (Å²) in [4.78, 5) is 12.3. The first-order valence-electron chi connectivity index (χ1n) is 7.08. The van der Waals surface area contributed by atoms with Crippen LogP contribution in [0.15, 0.2) is 30.3 Å². The van der Waals surface area contributed by atoms with Gasteiger partial charge in [0.1, 0.15) is 6.10 Å². The maximum absolute atomic E-state index is 12.3. The summed E-state index contributed by atoms with van der Waals surface area (Å²) in [7, 11) is 0. The van der Waals surface area contributed by atoms with E-state index in [1.807, 2.05) is 30.3 Å². The zero-order valence-electron chi connectivity index (χ0n) is 12.0. The molecule has 1 N–H and O–H groups in total. The molecule has 3 heteroatoms. The van der Waals surface area contributed by atoms with E-state index in [1.165, 1.54) is 0 Å². The molecule has 1 saturated heterocycles. The first-order chi connectivity index (χ1) is 9.08. The number of carbonyl (C=O) groups excluding carboxylic acids is 1. The Bertz CT molecular complexity index is 430. The van der Waals surface area contributed by atoms with Crippen LogP contribution in [0.3, 0.4) is 0 Å². The lowest BCUT2D eigenvalue weighted by atomic mass is 9.76. The van der Waals surface area contributed by atoms with Crippen molar-refractivity contribution in [3.63, 3.8) is 0 Å². The molecule has 1 heterocycles. The molecule has 2 atom stereocenters. The lowest BCUT2D eigenvalue weighted by Crippen LogP contribution is -2.33. The van der Waals surface area contributed by atoms with Gasteiger partial charge >= 0.3 is 5.97 Å². The van der Waals surface area contributed by atoms with E-state index in [9.17, 15) is 4.79 Å². The molecular formula is C16H23NO2. The van der Waals surface area contributed by atoms with Crippen molar-refractivity contribution in [3.05, 3.63) is 35.9 Å². The van der Waals surface area contributed by atoms with E-state index in [1.54, 1.807) is 0 Å². The van der Waals surface area contributed by atoms with Crippen molar-refractivity contribution in [1.82, 2.24) is 5.32 Å². The Balaban J connectivity index is 2.16. The highest BCUT2D eigenvalue weighted by atomic mass is 16.6. The fraction of sp³-hybridized carbons (Fsp3) is 0.562. The maximum Gasteiger partial charge on any atom is 0.317 e. The Morgan fingerprint density at radius 2 is 2.05 bits per heavy atom. The van der Waals surface area contributed by atoms with Gasteiger partial charge in [-0.25, -0.2) is 0 Å². The number of ether oxygens (including phenoxy) is 1. The third kappa shape index (κ3) is 2.81. The van der Waals surface area contributed by atoms with E-state index in [0.29, 0.717) is 6.04 Å². The molecule has 19 heavy (non-hydrogen) atoms. The molecule has 0 bridgehead atoms. The fourth-order valence-corrected chi connectivity index (χ4v) is 2.74. The van der Waals surface area contributed by atoms with Gasteiger partial charge < -0.3 is 10.1 Å². The van der Waals surface area contributed by atoms with E-state index in [4.69, 9.17) is 4.74 Å². The highest BCUT2D eigenvalue weighted by molar-refractivity contribution is 5.85. The third-order valence-electron chi connectivity index (χ3n) is 3.92. The Labute approximate surface area is 115 Å². The Hall–Kier alpha value is -1.35. The van der Waals surface area contributed by atoms with Crippen LogP contribution in [0, 0.1) is 0 Å². The van der Waals surface area contributed by atoms with Crippen molar-refractivity contribution >= 4 is 5.97 Å². The molecule has 2 rings (SSSR count). The van der Waals surface area contributed by atoms with Crippen molar-refractivity contribution in [2.45, 2.75) is 51.2 Å². The van der Waals surface area contributed by atoms with E-state index >= 15 is 0 Å². The summed E-state index contributed by atoms with van der Waals surface area (Å²) in [6.45, 7) is 6.99. The summed E-state index contributed by atoms with van der Waals surface area (Å²) in [5.74, 6) is -0.0724. The lowest BCUT2D eigenvalue weighted by Gasteiger charge is -2.23. The average Bonchev–Trinajstić information content (AvgIpc) is 2.75. The highest BCUT2D eigenvalue weighted by Gasteiger charge is 2.48. The fourth-order valence-electron chi connectivity index (χ4n) is 2.74. The van der Waals surface area contributed by atoms with Crippen LogP contribution in [0.25, 0.3) is 0 Å². The minimum absolute atomic E-state index is 0.0185. The molecule has 0 aromatic heterocycles. The first-order valence-corrected chi connectivity index (χ1v) is 7.08. The van der Waals surface area contributed by atoms with Crippen molar-refractivity contribution < 1.29 is 9.53 Å². The molecule has 1 fully saturated rings. The largest absolute Gasteiger partial charge is 0.460 e. The molecule has 0 radical (unpaired) electrons. The monoisotopic (exact) mass is 261 g/mol. The van der Waals surface area contributed by atoms with Gasteiger partial charge in [-0.2, -0.15) is 0 Å². The normalized spacial score (nSPS) is 26.7. The summed E-state index contributed by atoms with van der Waals surface area (Å²) < 4.78 is 5.57. The van der Waals surface area contributed by atoms with Gasteiger partial charge in [0.15, 0.2) is 0 Å². The molecule has 1 aromatic carbocycles. The number of hydrogen-bond donors (Lipinski definition) is 1. The molecule has 2 unspecified atom stereocenters. The Morgan fingerprint density at radius 1 is 1.37 bits per heavy atom. The smallest absolute Gasteiger partial charge is 0.317 e. The number of esters is 1. The second-order valence-corrected chi connectivity index (χ2v) is 5.60. The number of hydrogen-bond acceptors (Lipinski definition) is 3. The summed E-state index contributed by atoms with van der Waals surface area (Å²) in [6.07, 6.45) is 1.54. The number of nitrogens with one attached hydrogen (secondary N) is 1. The number of carbonyl (C=O) groups is 1. The van der Waals surface area contributed by atoms with Crippen molar-refractivity contribution in [2.24, 2.45) is 0 Å². The van der Waals surface area contributed by atoms with Crippen LogP contribution in [-0.2, 0) is 14.9 Å². The minimum atomic E-state index is -0.454. The van der Waals surface area contributed by atoms with Crippen LogP contribution in [0.2, 0.25) is 0 Å². The lowest BCUT2D eigenvalue weighted by molar-refractivity contribution is -0.145. The van der Waals surface area contributed by atoms with E-state index in [-0.39, 0.29) is 12.1 Å². The molecule has 1 aliphatic rings. The van der Waals surface area contributed by atoms with Gasteiger partial charge in [-0.15, -0.1) is 0 Å². The van der Waals surface area contributed by atoms with Gasteiger partial charge in [0, 0.05) is 19.0 Å². The van der Waals surface area contributed by atoms with Gasteiger partial charge in [0.2, 0.25) is 0 Å². The van der Waals surface area contributed by atoms with Crippen LogP contribution < -0.4 is 5.32 Å². The standard InChI is InChI=1S/C16H23NO2/c1-4-16(13-8-6-5-7-9-13)10-14(19-15(16)18)11-17-12(2)3/h5-9,12,14,17H,4,10-11H2,1-3H3. The van der Waals surface area contributed by atoms with Gasteiger partial charge in [-0.05, 0) is 12.0 Å². The number of cyclic esters (lactones) is 1. The zero-order valence-corrected chi connectivity index (χ0v) is 12.0. The Morgan fingerprint density at radius 3 is 2.63 bits per heavy atom. The summed E-state index contributed by atoms with van der Waals surface area (Å²) >= 11 is 0. The molecule has 1 aliphatic heterocycles. The van der Waals surface area contributed by atoms with Crippen LogP contribution in [0.5, 0.6) is 0 Å². The summed E-state index contributed by atoms with van der Waals surface area (Å²) in [6, 6.07) is 10.4. The molecule has 3 nitrogen and oxygen atoms in total. The van der Waals surface area contributed by atoms with Crippen molar-refractivity contribution in [2.75, 3.05) is 6.54 Å². The first kappa shape index (κ1) is 14.1. The third-order valence-corrected chi connectivity index (χ3v) is 3.92. The predicted molar refractivity (Wildman–Crippen MR) is 76.0 cm³/mol. The second kappa shape index (κ2) is 5.74. The van der Waals surface area contributed by atoms with Gasteiger partial charge in [0.25, 0.3) is 0 Å². The quantitative estimate of drug-likeness (QED) is 0.828. The molecule has 0 amide bonds. The molecule has 0 aliphatic carbocycles. The van der Waals surface area contributed by atoms with Crippen molar-refractivity contribution in [3.8, 4) is 0 Å². The van der Waals surface area contributed by atoms with Gasteiger partial charge in [-0.3, -0.25) is 4.79 Å². The average molecular weight is 261 g/mol. The Kier molecular flexibility index (Phi) is 4.25. The molecule has 1 aromatic rings. The van der Waals surface area contributed by atoms with Crippen LogP contribution >= 0.6 is 0 Å². The topological polar surface area (TPSA) is 38.3 Å². The highest BCUT2D eigenvalue weighted by Crippen LogP contribution is 2.40. The van der Waals surface area contributed by atoms with Gasteiger partial charge in [-0.1, -0.05) is 51.1 Å². The van der Waals surface area contributed by atoms with E-state index in [2.05, 4.69) is 26.1 Å². The van der Waals surface area contributed by atoms with Crippen LogP contribution in [0.4, 0.5) is 0 Å². The second-order valence-electron chi connectivity index (χ2n) is 5.60. The van der Waals surface area contributed by atoms with E-state index < -0.39 is 5.41 Å². The summed E-state index contributed by atoms with van der Waals surface area (Å²) in [5.41, 5.74) is 0.625. The maximum atomic E-state index is 12.3. The molecular weight excluding hydrogens is 238 g/mol. The SMILES string of the molecule is CCC1(c2ccccc2)CC(CNC(C)C)OC1=O.